The Morgan fingerprint density at radius 2 is 1.80 bits per heavy atom. The van der Waals surface area contributed by atoms with Crippen molar-refractivity contribution >= 4 is 17.7 Å². The van der Waals surface area contributed by atoms with Gasteiger partial charge in [0.25, 0.3) is 5.91 Å². The highest BCUT2D eigenvalue weighted by atomic mass is 19.4. The predicted molar refractivity (Wildman–Crippen MR) is 104 cm³/mol. The van der Waals surface area contributed by atoms with E-state index in [1.807, 2.05) is 0 Å². The van der Waals surface area contributed by atoms with Crippen LogP contribution in [0.25, 0.3) is 6.08 Å². The molecule has 6 nitrogen and oxygen atoms in total. The monoisotopic (exact) mass is 420 g/mol. The van der Waals surface area contributed by atoms with Crippen molar-refractivity contribution in [2.24, 2.45) is 0 Å². The number of nitrogens with zero attached hydrogens (tertiary/aromatic N) is 1. The third kappa shape index (κ3) is 5.44. The van der Waals surface area contributed by atoms with Crippen LogP contribution in [0.4, 0.5) is 18.9 Å². The second-order valence-corrected chi connectivity index (χ2v) is 5.89. The van der Waals surface area contributed by atoms with Crippen molar-refractivity contribution < 1.29 is 32.2 Å². The summed E-state index contributed by atoms with van der Waals surface area (Å²) in [5.74, 6) is 0.172. The van der Waals surface area contributed by atoms with E-state index in [0.29, 0.717) is 29.4 Å². The molecule has 158 valence electrons. The highest BCUT2D eigenvalue weighted by Crippen LogP contribution is 2.39. The largest absolute Gasteiger partial charge is 0.493 e. The van der Waals surface area contributed by atoms with E-state index in [4.69, 9.17) is 14.2 Å². The fourth-order valence-electron chi connectivity index (χ4n) is 2.56. The molecule has 2 rings (SSSR count). The number of hydrogen-bond donors (Lipinski definition) is 1. The van der Waals surface area contributed by atoms with Crippen LogP contribution >= 0.6 is 0 Å². The van der Waals surface area contributed by atoms with Crippen LogP contribution in [-0.2, 0) is 11.0 Å². The lowest BCUT2D eigenvalue weighted by Gasteiger charge is -2.14. The summed E-state index contributed by atoms with van der Waals surface area (Å²) in [6.07, 6.45) is -3.28. The Balaban J connectivity index is 2.35. The smallest absolute Gasteiger partial charge is 0.416 e. The van der Waals surface area contributed by atoms with Crippen molar-refractivity contribution in [3.05, 3.63) is 53.1 Å². The molecule has 0 saturated heterocycles. The lowest BCUT2D eigenvalue weighted by molar-refractivity contribution is -0.137. The summed E-state index contributed by atoms with van der Waals surface area (Å²) < 4.78 is 54.6. The molecular formula is C21H19F3N2O4. The van der Waals surface area contributed by atoms with Crippen molar-refractivity contribution in [2.75, 3.05) is 26.1 Å². The molecule has 0 atom stereocenters. The first-order valence-corrected chi connectivity index (χ1v) is 8.72. The minimum absolute atomic E-state index is 0.0853. The Kier molecular flexibility index (Phi) is 7.31. The van der Waals surface area contributed by atoms with Gasteiger partial charge in [0, 0.05) is 5.69 Å². The number of ether oxygens (including phenoxy) is 3. The highest BCUT2D eigenvalue weighted by molar-refractivity contribution is 6.09. The number of benzene rings is 2. The van der Waals surface area contributed by atoms with Gasteiger partial charge in [-0.25, -0.2) is 0 Å². The number of methoxy groups -OCH3 is 2. The lowest BCUT2D eigenvalue weighted by Crippen LogP contribution is -2.14. The molecule has 0 aliphatic heterocycles. The normalized spacial score (nSPS) is 11.4. The van der Waals surface area contributed by atoms with Crippen LogP contribution in [0.1, 0.15) is 18.1 Å². The maximum absolute atomic E-state index is 12.8. The first-order chi connectivity index (χ1) is 14.2. The summed E-state index contributed by atoms with van der Waals surface area (Å²) in [6, 6.07) is 8.96. The minimum atomic E-state index is -4.55. The number of anilines is 1. The number of nitriles is 1. The van der Waals surface area contributed by atoms with Gasteiger partial charge in [-0.1, -0.05) is 6.07 Å². The van der Waals surface area contributed by atoms with Crippen molar-refractivity contribution in [3.8, 4) is 23.3 Å². The first-order valence-electron chi connectivity index (χ1n) is 8.72. The van der Waals surface area contributed by atoms with Crippen molar-refractivity contribution in [1.82, 2.24) is 0 Å². The summed E-state index contributed by atoms with van der Waals surface area (Å²) in [4.78, 5) is 12.4. The van der Waals surface area contributed by atoms with E-state index < -0.39 is 17.6 Å². The van der Waals surface area contributed by atoms with E-state index in [0.717, 1.165) is 18.2 Å². The van der Waals surface area contributed by atoms with Crippen molar-refractivity contribution in [1.29, 1.82) is 5.26 Å². The van der Waals surface area contributed by atoms with Gasteiger partial charge in [0.2, 0.25) is 5.75 Å². The zero-order valence-electron chi connectivity index (χ0n) is 16.5. The molecule has 0 saturated carbocycles. The third-order valence-corrected chi connectivity index (χ3v) is 3.90. The van der Waals surface area contributed by atoms with Crippen LogP contribution in [0.15, 0.2) is 42.0 Å². The number of halogens is 3. The average Bonchev–Trinajstić information content (AvgIpc) is 2.72. The molecule has 30 heavy (non-hydrogen) atoms. The quantitative estimate of drug-likeness (QED) is 0.520. The van der Waals surface area contributed by atoms with Crippen molar-refractivity contribution in [3.63, 3.8) is 0 Å². The van der Waals surface area contributed by atoms with E-state index in [-0.39, 0.29) is 11.3 Å². The number of amides is 1. The van der Waals surface area contributed by atoms with Gasteiger partial charge in [-0.3, -0.25) is 4.79 Å². The van der Waals surface area contributed by atoms with Gasteiger partial charge >= 0.3 is 6.18 Å². The molecule has 1 amide bonds. The molecule has 0 fully saturated rings. The minimum Gasteiger partial charge on any atom is -0.493 e. The number of rotatable bonds is 7. The van der Waals surface area contributed by atoms with Gasteiger partial charge in [0.1, 0.15) is 11.6 Å². The second-order valence-electron chi connectivity index (χ2n) is 5.89. The number of alkyl halides is 3. The molecule has 9 heteroatoms. The lowest BCUT2D eigenvalue weighted by atomic mass is 10.1. The van der Waals surface area contributed by atoms with Crippen LogP contribution in [0.5, 0.6) is 17.2 Å². The molecule has 0 unspecified atom stereocenters. The fraction of sp³-hybridized carbons (Fsp3) is 0.238. The van der Waals surface area contributed by atoms with E-state index in [1.54, 1.807) is 25.1 Å². The van der Waals surface area contributed by atoms with Gasteiger partial charge in [0.15, 0.2) is 11.5 Å². The SMILES string of the molecule is CCOc1c(OC)cc(/C=C(/C#N)C(=O)Nc2cccc(C(F)(F)F)c2)cc1OC. The molecule has 2 aromatic carbocycles. The standard InChI is InChI=1S/C21H19F3N2O4/c1-4-30-19-17(28-2)9-13(10-18(19)29-3)8-14(12-25)20(27)26-16-7-5-6-15(11-16)21(22,23)24/h5-11H,4H2,1-3H3,(H,26,27)/b14-8-. The van der Waals surface area contributed by atoms with Gasteiger partial charge in [-0.15, -0.1) is 0 Å². The van der Waals surface area contributed by atoms with Gasteiger partial charge < -0.3 is 19.5 Å². The maximum Gasteiger partial charge on any atom is 0.416 e. The zero-order valence-corrected chi connectivity index (χ0v) is 16.5. The summed E-state index contributed by atoms with van der Waals surface area (Å²) >= 11 is 0. The zero-order chi connectivity index (χ0) is 22.3. The Morgan fingerprint density at radius 3 is 2.30 bits per heavy atom. The van der Waals surface area contributed by atoms with Crippen LogP contribution in [0.2, 0.25) is 0 Å². The Labute approximate surface area is 171 Å². The average molecular weight is 420 g/mol. The molecular weight excluding hydrogens is 401 g/mol. The molecule has 0 aliphatic rings. The summed E-state index contributed by atoms with van der Waals surface area (Å²) in [7, 11) is 2.85. The highest BCUT2D eigenvalue weighted by Gasteiger charge is 2.30. The van der Waals surface area contributed by atoms with Crippen molar-refractivity contribution in [2.45, 2.75) is 13.1 Å². The van der Waals surface area contributed by atoms with E-state index in [2.05, 4.69) is 5.32 Å². The molecule has 0 aromatic heterocycles. The molecule has 0 aliphatic carbocycles. The summed E-state index contributed by atoms with van der Waals surface area (Å²) in [6.45, 7) is 2.16. The molecule has 0 heterocycles. The number of nitrogens with one attached hydrogen (secondary N) is 1. The molecule has 0 radical (unpaired) electrons. The van der Waals surface area contributed by atoms with E-state index >= 15 is 0 Å². The van der Waals surface area contributed by atoms with Crippen LogP contribution < -0.4 is 19.5 Å². The van der Waals surface area contributed by atoms with Gasteiger partial charge in [-0.05, 0) is 48.9 Å². The maximum atomic E-state index is 12.8. The molecule has 0 spiro atoms. The number of carbonyl (C=O) groups is 1. The molecule has 0 bridgehead atoms. The first kappa shape index (κ1) is 22.6. The topological polar surface area (TPSA) is 80.6 Å². The van der Waals surface area contributed by atoms with Gasteiger partial charge in [0.05, 0.1) is 26.4 Å². The third-order valence-electron chi connectivity index (χ3n) is 3.90. The predicted octanol–water partition coefficient (Wildman–Crippen LogP) is 4.67. The molecule has 1 N–H and O–H groups in total. The Morgan fingerprint density at radius 1 is 1.17 bits per heavy atom. The van der Waals surface area contributed by atoms with Gasteiger partial charge in [-0.2, -0.15) is 18.4 Å². The second kappa shape index (κ2) is 9.69. The molecule has 2 aromatic rings. The van der Waals surface area contributed by atoms with E-state index in [1.165, 1.54) is 26.4 Å². The fourth-order valence-corrected chi connectivity index (χ4v) is 2.56. The number of carbonyl (C=O) groups excluding carboxylic acids is 1. The van der Waals surface area contributed by atoms with E-state index in [9.17, 15) is 23.2 Å². The Hall–Kier alpha value is -3.67. The van der Waals surface area contributed by atoms with Crippen LogP contribution in [-0.4, -0.2) is 26.7 Å². The van der Waals surface area contributed by atoms with Crippen LogP contribution in [0, 0.1) is 11.3 Å². The summed E-state index contributed by atoms with van der Waals surface area (Å²) in [5.41, 5.74) is -0.912. The Bertz CT molecular complexity index is 969. The van der Waals surface area contributed by atoms with Crippen LogP contribution in [0.3, 0.4) is 0 Å². The number of hydrogen-bond acceptors (Lipinski definition) is 5. The summed E-state index contributed by atoms with van der Waals surface area (Å²) in [5, 5.41) is 11.7.